The molecule has 0 saturated heterocycles. The lowest BCUT2D eigenvalue weighted by Crippen LogP contribution is -2.22. The Morgan fingerprint density at radius 3 is 2.65 bits per heavy atom. The van der Waals surface area contributed by atoms with Gasteiger partial charge in [0.2, 0.25) is 11.0 Å². The highest BCUT2D eigenvalue weighted by Gasteiger charge is 2.21. The van der Waals surface area contributed by atoms with Crippen LogP contribution >= 0.6 is 23.1 Å². The fourth-order valence-electron chi connectivity index (χ4n) is 2.45. The van der Waals surface area contributed by atoms with E-state index in [9.17, 15) is 4.79 Å². The molecule has 3 aromatic rings. The molecule has 1 aromatic carbocycles. The molecule has 2 aromatic heterocycles. The number of hydrogen-bond donors (Lipinski definition) is 1. The average Bonchev–Trinajstić information content (AvgIpc) is 3.21. The molecule has 9 heteroatoms. The standard InChI is InChI=1S/C17H20N6OS2/c1-5-23-14(13-9-7-6-8-10(13)2)20-22-17(23)25-11(3)15(24)18-16-21-19-12(4)26-16/h6-9,11H,5H2,1-4H3,(H,18,21,24)/t11-/m1/s1. The van der Waals surface area contributed by atoms with E-state index in [1.54, 1.807) is 0 Å². The monoisotopic (exact) mass is 388 g/mol. The Kier molecular flexibility index (Phi) is 5.67. The molecule has 0 aliphatic heterocycles. The zero-order chi connectivity index (χ0) is 18.7. The molecule has 1 amide bonds. The SMILES string of the molecule is CCn1c(S[C@H](C)C(=O)Nc2nnc(C)s2)nnc1-c1ccccc1C. The second-order valence-electron chi connectivity index (χ2n) is 5.74. The van der Waals surface area contributed by atoms with Gasteiger partial charge < -0.3 is 4.57 Å². The van der Waals surface area contributed by atoms with Gasteiger partial charge in [-0.05, 0) is 33.3 Å². The molecule has 136 valence electrons. The van der Waals surface area contributed by atoms with E-state index in [2.05, 4.69) is 38.7 Å². The Morgan fingerprint density at radius 2 is 2.00 bits per heavy atom. The molecule has 0 unspecified atom stereocenters. The predicted molar refractivity (Wildman–Crippen MR) is 104 cm³/mol. The molecule has 0 aliphatic carbocycles. The van der Waals surface area contributed by atoms with Crippen molar-refractivity contribution in [2.24, 2.45) is 0 Å². The first-order valence-corrected chi connectivity index (χ1v) is 9.96. The number of rotatable bonds is 6. The number of amides is 1. The second kappa shape index (κ2) is 7.96. The maximum absolute atomic E-state index is 12.4. The molecular formula is C17H20N6OS2. The number of benzene rings is 1. The molecule has 2 heterocycles. The minimum absolute atomic E-state index is 0.130. The molecule has 26 heavy (non-hydrogen) atoms. The zero-order valence-corrected chi connectivity index (χ0v) is 16.7. The lowest BCUT2D eigenvalue weighted by Gasteiger charge is -2.12. The van der Waals surface area contributed by atoms with Gasteiger partial charge in [-0.2, -0.15) is 0 Å². The van der Waals surface area contributed by atoms with Crippen LogP contribution < -0.4 is 5.32 Å². The molecule has 1 atom stereocenters. The zero-order valence-electron chi connectivity index (χ0n) is 15.1. The van der Waals surface area contributed by atoms with Crippen molar-refractivity contribution in [1.29, 1.82) is 0 Å². The van der Waals surface area contributed by atoms with Crippen LogP contribution in [0.25, 0.3) is 11.4 Å². The Bertz CT molecular complexity index is 920. The van der Waals surface area contributed by atoms with Crippen molar-refractivity contribution in [1.82, 2.24) is 25.0 Å². The van der Waals surface area contributed by atoms with E-state index in [0.717, 1.165) is 33.7 Å². The summed E-state index contributed by atoms with van der Waals surface area (Å²) in [6, 6.07) is 8.08. The molecule has 0 aliphatic rings. The summed E-state index contributed by atoms with van der Waals surface area (Å²) in [6.07, 6.45) is 0. The summed E-state index contributed by atoms with van der Waals surface area (Å²) in [7, 11) is 0. The molecule has 7 nitrogen and oxygen atoms in total. The smallest absolute Gasteiger partial charge is 0.239 e. The number of aromatic nitrogens is 5. The van der Waals surface area contributed by atoms with E-state index in [-0.39, 0.29) is 11.2 Å². The largest absolute Gasteiger partial charge is 0.302 e. The van der Waals surface area contributed by atoms with E-state index in [0.29, 0.717) is 5.13 Å². The van der Waals surface area contributed by atoms with Gasteiger partial charge in [0.05, 0.1) is 5.25 Å². The van der Waals surface area contributed by atoms with Crippen LogP contribution in [0.3, 0.4) is 0 Å². The van der Waals surface area contributed by atoms with Crippen molar-refractivity contribution >= 4 is 34.1 Å². The lowest BCUT2D eigenvalue weighted by atomic mass is 10.1. The third-order valence-corrected chi connectivity index (χ3v) is 5.66. The van der Waals surface area contributed by atoms with Crippen LogP contribution in [0.4, 0.5) is 5.13 Å². The lowest BCUT2D eigenvalue weighted by molar-refractivity contribution is -0.115. The summed E-state index contributed by atoms with van der Waals surface area (Å²) in [5.74, 6) is 0.690. The molecule has 1 N–H and O–H groups in total. The van der Waals surface area contributed by atoms with Crippen LogP contribution in [0.2, 0.25) is 0 Å². The highest BCUT2D eigenvalue weighted by atomic mass is 32.2. The van der Waals surface area contributed by atoms with Gasteiger partial charge in [0.1, 0.15) is 5.01 Å². The third kappa shape index (κ3) is 3.94. The summed E-state index contributed by atoms with van der Waals surface area (Å²) in [5, 5.41) is 21.0. The van der Waals surface area contributed by atoms with Gasteiger partial charge in [0, 0.05) is 12.1 Å². The highest BCUT2D eigenvalue weighted by Crippen LogP contribution is 2.29. The predicted octanol–water partition coefficient (Wildman–Crippen LogP) is 3.55. The number of carbonyl (C=O) groups excluding carboxylic acids is 1. The number of aryl methyl sites for hydroxylation is 2. The van der Waals surface area contributed by atoms with Gasteiger partial charge >= 0.3 is 0 Å². The normalized spacial score (nSPS) is 12.2. The summed E-state index contributed by atoms with van der Waals surface area (Å²) in [4.78, 5) is 12.4. The van der Waals surface area contributed by atoms with E-state index in [4.69, 9.17) is 0 Å². The third-order valence-electron chi connectivity index (χ3n) is 3.83. The van der Waals surface area contributed by atoms with Crippen LogP contribution in [0, 0.1) is 13.8 Å². The number of nitrogens with one attached hydrogen (secondary N) is 1. The first-order chi connectivity index (χ1) is 12.5. The van der Waals surface area contributed by atoms with Crippen LogP contribution in [0.15, 0.2) is 29.4 Å². The van der Waals surface area contributed by atoms with Gasteiger partial charge in [-0.15, -0.1) is 20.4 Å². The first-order valence-electron chi connectivity index (χ1n) is 8.26. The van der Waals surface area contributed by atoms with E-state index >= 15 is 0 Å². The fourth-order valence-corrected chi connectivity index (χ4v) is 3.96. The van der Waals surface area contributed by atoms with Gasteiger partial charge in [-0.25, -0.2) is 0 Å². The molecule has 3 rings (SSSR count). The minimum atomic E-state index is -0.335. The second-order valence-corrected chi connectivity index (χ2v) is 8.23. The molecular weight excluding hydrogens is 368 g/mol. The summed E-state index contributed by atoms with van der Waals surface area (Å²) >= 11 is 2.74. The Hall–Kier alpha value is -2.26. The van der Waals surface area contributed by atoms with Gasteiger partial charge in [0.15, 0.2) is 11.0 Å². The first kappa shape index (κ1) is 18.5. The number of nitrogens with zero attached hydrogens (tertiary/aromatic N) is 5. The van der Waals surface area contributed by atoms with Crippen LogP contribution in [-0.4, -0.2) is 36.1 Å². The van der Waals surface area contributed by atoms with Crippen molar-refractivity contribution in [3.63, 3.8) is 0 Å². The van der Waals surface area contributed by atoms with E-state index in [1.165, 1.54) is 23.1 Å². The number of hydrogen-bond acceptors (Lipinski definition) is 7. The molecule has 0 bridgehead atoms. The topological polar surface area (TPSA) is 85.6 Å². The van der Waals surface area contributed by atoms with Crippen molar-refractivity contribution in [2.75, 3.05) is 5.32 Å². The summed E-state index contributed by atoms with van der Waals surface area (Å²) in [6.45, 7) is 8.52. The minimum Gasteiger partial charge on any atom is -0.302 e. The molecule has 0 radical (unpaired) electrons. The molecule has 0 spiro atoms. The van der Waals surface area contributed by atoms with Gasteiger partial charge in [-0.3, -0.25) is 10.1 Å². The van der Waals surface area contributed by atoms with Gasteiger partial charge in [-0.1, -0.05) is 47.4 Å². The van der Waals surface area contributed by atoms with Crippen molar-refractivity contribution < 1.29 is 4.79 Å². The van der Waals surface area contributed by atoms with Gasteiger partial charge in [0.25, 0.3) is 0 Å². The highest BCUT2D eigenvalue weighted by molar-refractivity contribution is 8.00. The van der Waals surface area contributed by atoms with Crippen molar-refractivity contribution in [2.45, 2.75) is 44.6 Å². The van der Waals surface area contributed by atoms with E-state index in [1.807, 2.05) is 43.5 Å². The molecule has 0 saturated carbocycles. The van der Waals surface area contributed by atoms with Crippen molar-refractivity contribution in [3.05, 3.63) is 34.8 Å². The van der Waals surface area contributed by atoms with Crippen LogP contribution in [0.5, 0.6) is 0 Å². The van der Waals surface area contributed by atoms with E-state index < -0.39 is 0 Å². The fraction of sp³-hybridized carbons (Fsp3) is 0.353. The van der Waals surface area contributed by atoms with Crippen molar-refractivity contribution in [3.8, 4) is 11.4 Å². The maximum atomic E-state index is 12.4. The van der Waals surface area contributed by atoms with Crippen LogP contribution in [-0.2, 0) is 11.3 Å². The Labute approximate surface area is 160 Å². The summed E-state index contributed by atoms with van der Waals surface area (Å²) in [5.41, 5.74) is 2.19. The summed E-state index contributed by atoms with van der Waals surface area (Å²) < 4.78 is 2.03. The quantitative estimate of drug-likeness (QED) is 0.650. The molecule has 0 fully saturated rings. The maximum Gasteiger partial charge on any atom is 0.239 e. The number of thioether (sulfide) groups is 1. The number of carbonyl (C=O) groups is 1. The average molecular weight is 389 g/mol. The Morgan fingerprint density at radius 1 is 1.23 bits per heavy atom. The Balaban J connectivity index is 1.77. The van der Waals surface area contributed by atoms with Crippen LogP contribution in [0.1, 0.15) is 24.4 Å². The number of anilines is 1.